The predicted octanol–water partition coefficient (Wildman–Crippen LogP) is 3.83. The van der Waals surface area contributed by atoms with Gasteiger partial charge in [-0.15, -0.1) is 0 Å². The van der Waals surface area contributed by atoms with Crippen LogP contribution in [0.1, 0.15) is 23.2 Å². The topological polar surface area (TPSA) is 46.6 Å². The summed E-state index contributed by atoms with van der Waals surface area (Å²) in [5.74, 6) is -1.27. The normalized spacial score (nSPS) is 14.2. The summed E-state index contributed by atoms with van der Waals surface area (Å²) >= 11 is 5.83. The largest absolute Gasteiger partial charge is 0.423 e. The molecule has 1 fully saturated rings. The smallest absolute Gasteiger partial charge is 0.348 e. The van der Waals surface area contributed by atoms with Gasteiger partial charge in [0.2, 0.25) is 5.91 Å². The molecule has 23 heavy (non-hydrogen) atoms. The van der Waals surface area contributed by atoms with Crippen LogP contribution in [0.4, 0.5) is 10.1 Å². The van der Waals surface area contributed by atoms with Gasteiger partial charge in [0.05, 0.1) is 5.02 Å². The zero-order valence-electron chi connectivity index (χ0n) is 12.1. The first kappa shape index (κ1) is 15.5. The van der Waals surface area contributed by atoms with Gasteiger partial charge in [0, 0.05) is 18.7 Å². The van der Waals surface area contributed by atoms with E-state index in [0.717, 1.165) is 18.2 Å². The Kier molecular flexibility index (Phi) is 4.30. The van der Waals surface area contributed by atoms with Gasteiger partial charge in [0.25, 0.3) is 0 Å². The van der Waals surface area contributed by atoms with Crippen molar-refractivity contribution in [1.29, 1.82) is 0 Å². The van der Waals surface area contributed by atoms with Gasteiger partial charge < -0.3 is 9.64 Å². The number of carbonyl (C=O) groups is 2. The van der Waals surface area contributed by atoms with E-state index in [1.54, 1.807) is 29.2 Å². The van der Waals surface area contributed by atoms with Gasteiger partial charge in [0.15, 0.2) is 0 Å². The van der Waals surface area contributed by atoms with Gasteiger partial charge in [-0.05, 0) is 42.8 Å². The Morgan fingerprint density at radius 1 is 1.17 bits per heavy atom. The first-order valence-electron chi connectivity index (χ1n) is 7.13. The van der Waals surface area contributed by atoms with E-state index in [2.05, 4.69) is 0 Å². The molecule has 0 atom stereocenters. The molecule has 0 unspecified atom stereocenters. The van der Waals surface area contributed by atoms with E-state index in [1.165, 1.54) is 12.1 Å². The van der Waals surface area contributed by atoms with Crippen LogP contribution < -0.4 is 9.64 Å². The van der Waals surface area contributed by atoms with Crippen molar-refractivity contribution in [3.8, 4) is 5.75 Å². The summed E-state index contributed by atoms with van der Waals surface area (Å²) < 4.78 is 18.8. The van der Waals surface area contributed by atoms with Gasteiger partial charge >= 0.3 is 5.97 Å². The molecule has 0 aromatic heterocycles. The number of rotatable bonds is 3. The number of benzene rings is 2. The van der Waals surface area contributed by atoms with Gasteiger partial charge in [-0.25, -0.2) is 9.18 Å². The predicted molar refractivity (Wildman–Crippen MR) is 84.4 cm³/mol. The monoisotopic (exact) mass is 333 g/mol. The highest BCUT2D eigenvalue weighted by Gasteiger charge is 2.22. The minimum absolute atomic E-state index is 0.00529. The maximum absolute atomic E-state index is 13.7. The number of esters is 1. The molecule has 1 aliphatic heterocycles. The maximum Gasteiger partial charge on any atom is 0.348 e. The SMILES string of the molecule is O=C(Oc1ccc(N2CCCC2=O)cc1)c1c(F)cccc1Cl. The summed E-state index contributed by atoms with van der Waals surface area (Å²) in [7, 11) is 0. The zero-order chi connectivity index (χ0) is 16.4. The second kappa shape index (κ2) is 6.38. The van der Waals surface area contributed by atoms with E-state index in [1.807, 2.05) is 0 Å². The van der Waals surface area contributed by atoms with Crippen LogP contribution in [0.5, 0.6) is 5.75 Å². The molecule has 1 amide bonds. The number of amides is 1. The highest BCUT2D eigenvalue weighted by Crippen LogP contribution is 2.25. The molecule has 1 heterocycles. The number of ether oxygens (including phenoxy) is 1. The van der Waals surface area contributed by atoms with Crippen molar-refractivity contribution in [1.82, 2.24) is 0 Å². The number of carbonyl (C=O) groups excluding carboxylic acids is 2. The van der Waals surface area contributed by atoms with E-state index in [-0.39, 0.29) is 22.2 Å². The number of anilines is 1. The molecule has 0 N–H and O–H groups in total. The highest BCUT2D eigenvalue weighted by atomic mass is 35.5. The lowest BCUT2D eigenvalue weighted by molar-refractivity contribution is -0.117. The maximum atomic E-state index is 13.7. The third-order valence-electron chi connectivity index (χ3n) is 3.60. The minimum Gasteiger partial charge on any atom is -0.423 e. The van der Waals surface area contributed by atoms with Crippen LogP contribution in [0, 0.1) is 5.82 Å². The van der Waals surface area contributed by atoms with E-state index >= 15 is 0 Å². The van der Waals surface area contributed by atoms with Crippen LogP contribution in [0.25, 0.3) is 0 Å². The number of hydrogen-bond acceptors (Lipinski definition) is 3. The molecule has 2 aromatic carbocycles. The fraction of sp³-hybridized carbons (Fsp3) is 0.176. The fourth-order valence-corrected chi connectivity index (χ4v) is 2.71. The van der Waals surface area contributed by atoms with Gasteiger partial charge in [-0.3, -0.25) is 4.79 Å². The third-order valence-corrected chi connectivity index (χ3v) is 3.91. The highest BCUT2D eigenvalue weighted by molar-refractivity contribution is 6.33. The summed E-state index contributed by atoms with van der Waals surface area (Å²) in [6.45, 7) is 0.683. The first-order chi connectivity index (χ1) is 11.1. The molecular weight excluding hydrogens is 321 g/mol. The molecular formula is C17H13ClFNO3. The Hall–Kier alpha value is -2.40. The molecule has 0 aliphatic carbocycles. The molecule has 0 saturated carbocycles. The van der Waals surface area contributed by atoms with Gasteiger partial charge in [-0.2, -0.15) is 0 Å². The van der Waals surface area contributed by atoms with E-state index in [9.17, 15) is 14.0 Å². The molecule has 0 spiro atoms. The molecule has 0 bridgehead atoms. The van der Waals surface area contributed by atoms with Gasteiger partial charge in [-0.1, -0.05) is 17.7 Å². The van der Waals surface area contributed by atoms with E-state index < -0.39 is 11.8 Å². The van der Waals surface area contributed by atoms with Crippen molar-refractivity contribution >= 4 is 29.2 Å². The van der Waals surface area contributed by atoms with Gasteiger partial charge in [0.1, 0.15) is 17.1 Å². The molecule has 1 aliphatic rings. The summed E-state index contributed by atoms with van der Waals surface area (Å²) in [4.78, 5) is 25.4. The van der Waals surface area contributed by atoms with Crippen LogP contribution in [-0.4, -0.2) is 18.4 Å². The van der Waals surface area contributed by atoms with Crippen molar-refractivity contribution in [2.75, 3.05) is 11.4 Å². The number of hydrogen-bond donors (Lipinski definition) is 0. The van der Waals surface area contributed by atoms with Crippen LogP contribution in [0.15, 0.2) is 42.5 Å². The van der Waals surface area contributed by atoms with Crippen molar-refractivity contribution < 1.29 is 18.7 Å². The Morgan fingerprint density at radius 3 is 2.52 bits per heavy atom. The summed E-state index contributed by atoms with van der Waals surface area (Å²) in [5, 5.41) is -0.00529. The minimum atomic E-state index is -0.863. The van der Waals surface area contributed by atoms with E-state index in [0.29, 0.717) is 13.0 Å². The zero-order valence-corrected chi connectivity index (χ0v) is 12.8. The lowest BCUT2D eigenvalue weighted by atomic mass is 10.2. The standard InChI is InChI=1S/C17H13ClFNO3/c18-13-3-1-4-14(19)16(13)17(22)23-12-8-6-11(7-9-12)20-10-2-5-15(20)21/h1,3-4,6-9H,2,5,10H2. The van der Waals surface area contributed by atoms with Crippen LogP contribution in [0.2, 0.25) is 5.02 Å². The van der Waals surface area contributed by atoms with Crippen LogP contribution >= 0.6 is 11.6 Å². The lowest BCUT2D eigenvalue weighted by Crippen LogP contribution is -2.23. The molecule has 2 aromatic rings. The Bertz CT molecular complexity index is 741. The van der Waals surface area contributed by atoms with Crippen LogP contribution in [-0.2, 0) is 4.79 Å². The number of nitrogens with zero attached hydrogens (tertiary/aromatic N) is 1. The summed E-state index contributed by atoms with van der Waals surface area (Å²) in [6.07, 6.45) is 1.38. The number of halogens is 2. The third kappa shape index (κ3) is 3.19. The second-order valence-electron chi connectivity index (χ2n) is 5.13. The molecule has 6 heteroatoms. The first-order valence-corrected chi connectivity index (χ1v) is 7.50. The Morgan fingerprint density at radius 2 is 1.91 bits per heavy atom. The second-order valence-corrected chi connectivity index (χ2v) is 5.54. The molecule has 4 nitrogen and oxygen atoms in total. The quantitative estimate of drug-likeness (QED) is 0.633. The van der Waals surface area contributed by atoms with Crippen molar-refractivity contribution in [2.24, 2.45) is 0 Å². The van der Waals surface area contributed by atoms with Crippen LogP contribution in [0.3, 0.4) is 0 Å². The Labute approximate surface area is 137 Å². The molecule has 118 valence electrons. The average Bonchev–Trinajstić information content (AvgIpc) is 2.94. The fourth-order valence-electron chi connectivity index (χ4n) is 2.47. The average molecular weight is 334 g/mol. The molecule has 0 radical (unpaired) electrons. The van der Waals surface area contributed by atoms with E-state index in [4.69, 9.17) is 16.3 Å². The molecule has 1 saturated heterocycles. The Balaban J connectivity index is 1.76. The molecule has 3 rings (SSSR count). The summed E-state index contributed by atoms with van der Waals surface area (Å²) in [6, 6.07) is 10.5. The van der Waals surface area contributed by atoms with Crippen molar-refractivity contribution in [3.63, 3.8) is 0 Å². The summed E-state index contributed by atoms with van der Waals surface area (Å²) in [5.41, 5.74) is 0.448. The lowest BCUT2D eigenvalue weighted by Gasteiger charge is -2.15. The van der Waals surface area contributed by atoms with Crippen molar-refractivity contribution in [2.45, 2.75) is 12.8 Å². The van der Waals surface area contributed by atoms with Crippen molar-refractivity contribution in [3.05, 3.63) is 58.9 Å².